The van der Waals surface area contributed by atoms with Crippen molar-refractivity contribution in [2.45, 2.75) is 36.7 Å². The molecule has 1 aliphatic carbocycles. The minimum atomic E-state index is -1.29. The number of ether oxygens (including phenoxy) is 4. The largest absolute Gasteiger partial charge is 0.490 e. The first-order chi connectivity index (χ1) is 11.5. The van der Waals surface area contributed by atoms with Gasteiger partial charge < -0.3 is 24.7 Å². The van der Waals surface area contributed by atoms with Crippen LogP contribution in [0.5, 0.6) is 5.75 Å². The maximum atomic E-state index is 12.7. The molecule has 3 aliphatic rings. The molecule has 6 nitrogen and oxygen atoms in total. The van der Waals surface area contributed by atoms with Crippen molar-refractivity contribution in [1.82, 2.24) is 0 Å². The summed E-state index contributed by atoms with van der Waals surface area (Å²) in [4.78, 5) is 12.7. The third-order valence-corrected chi connectivity index (χ3v) is 5.87. The smallest absolute Gasteiger partial charge is 0.331 e. The Labute approximate surface area is 148 Å². The van der Waals surface area contributed by atoms with E-state index in [1.165, 1.54) is 7.11 Å². The summed E-state index contributed by atoms with van der Waals surface area (Å²) in [6, 6.07) is 5.55. The van der Waals surface area contributed by atoms with Gasteiger partial charge in [0.1, 0.15) is 11.9 Å². The molecular weight excluding hydrogens is 378 g/mol. The second-order valence-corrected chi connectivity index (χ2v) is 7.53. The Kier molecular flexibility index (Phi) is 3.87. The molecule has 4 rings (SSSR count). The van der Waals surface area contributed by atoms with E-state index >= 15 is 0 Å². The third kappa shape index (κ3) is 2.29. The van der Waals surface area contributed by atoms with Crippen LogP contribution in [-0.2, 0) is 24.5 Å². The quantitative estimate of drug-likeness (QED) is 0.730. The molecule has 3 atom stereocenters. The Morgan fingerprint density at radius 1 is 1.38 bits per heavy atom. The number of hydrogen-bond donors (Lipinski definition) is 1. The molecule has 0 bridgehead atoms. The van der Waals surface area contributed by atoms with Crippen molar-refractivity contribution < 1.29 is 23.7 Å². The summed E-state index contributed by atoms with van der Waals surface area (Å²) in [5.41, 5.74) is 6.06. The van der Waals surface area contributed by atoms with Gasteiger partial charge in [-0.2, -0.15) is 0 Å². The highest BCUT2D eigenvalue weighted by molar-refractivity contribution is 9.10. The van der Waals surface area contributed by atoms with Crippen LogP contribution < -0.4 is 10.5 Å². The highest BCUT2D eigenvalue weighted by atomic mass is 79.9. The van der Waals surface area contributed by atoms with Crippen LogP contribution in [0.25, 0.3) is 0 Å². The molecule has 0 radical (unpaired) electrons. The lowest BCUT2D eigenvalue weighted by Crippen LogP contribution is -2.62. The molecule has 2 aliphatic heterocycles. The van der Waals surface area contributed by atoms with E-state index in [0.29, 0.717) is 30.9 Å². The number of carbonyl (C=O) groups is 1. The van der Waals surface area contributed by atoms with E-state index in [4.69, 9.17) is 24.7 Å². The van der Waals surface area contributed by atoms with Crippen molar-refractivity contribution in [3.63, 3.8) is 0 Å². The van der Waals surface area contributed by atoms with Gasteiger partial charge in [-0.25, -0.2) is 4.79 Å². The SMILES string of the molecule is COC(=O)[C@]1(N)c2cc(Br)ccc2O[C@H]2CCC3(C[C@@H]21)OCCO3. The molecule has 2 N–H and O–H groups in total. The summed E-state index contributed by atoms with van der Waals surface area (Å²) in [6.45, 7) is 1.13. The first kappa shape index (κ1) is 16.3. The van der Waals surface area contributed by atoms with Crippen molar-refractivity contribution in [1.29, 1.82) is 0 Å². The molecule has 0 unspecified atom stereocenters. The first-order valence-electron chi connectivity index (χ1n) is 8.10. The van der Waals surface area contributed by atoms with Gasteiger partial charge >= 0.3 is 5.97 Å². The molecule has 1 aromatic carbocycles. The molecule has 2 fully saturated rings. The molecule has 1 aromatic rings. The normalized spacial score (nSPS) is 33.5. The Morgan fingerprint density at radius 2 is 2.12 bits per heavy atom. The van der Waals surface area contributed by atoms with Gasteiger partial charge in [0.15, 0.2) is 11.3 Å². The average Bonchev–Trinajstić information content (AvgIpc) is 3.04. The Bertz CT molecular complexity index is 675. The predicted octanol–water partition coefficient (Wildman–Crippen LogP) is 2.08. The summed E-state index contributed by atoms with van der Waals surface area (Å²) >= 11 is 3.45. The molecular formula is C17H20BrNO5. The molecule has 7 heteroatoms. The van der Waals surface area contributed by atoms with Crippen LogP contribution in [0.4, 0.5) is 0 Å². The Morgan fingerprint density at radius 3 is 2.83 bits per heavy atom. The van der Waals surface area contributed by atoms with Gasteiger partial charge in [-0.15, -0.1) is 0 Å². The number of esters is 1. The Hall–Kier alpha value is -1.15. The second kappa shape index (κ2) is 5.69. The van der Waals surface area contributed by atoms with Crippen molar-refractivity contribution >= 4 is 21.9 Å². The van der Waals surface area contributed by atoms with E-state index in [1.807, 2.05) is 18.2 Å². The number of fused-ring (bicyclic) bond motifs is 2. The zero-order valence-corrected chi connectivity index (χ0v) is 15.0. The van der Waals surface area contributed by atoms with Crippen LogP contribution in [0.2, 0.25) is 0 Å². The van der Waals surface area contributed by atoms with Crippen molar-refractivity contribution in [2.24, 2.45) is 11.7 Å². The van der Waals surface area contributed by atoms with Crippen LogP contribution >= 0.6 is 15.9 Å². The van der Waals surface area contributed by atoms with Crippen LogP contribution in [-0.4, -0.2) is 38.2 Å². The van der Waals surface area contributed by atoms with Gasteiger partial charge in [-0.05, 0) is 24.6 Å². The predicted molar refractivity (Wildman–Crippen MR) is 88.4 cm³/mol. The number of rotatable bonds is 1. The lowest BCUT2D eigenvalue weighted by Gasteiger charge is -2.50. The monoisotopic (exact) mass is 397 g/mol. The highest BCUT2D eigenvalue weighted by Gasteiger charge is 2.59. The lowest BCUT2D eigenvalue weighted by atomic mass is 9.66. The molecule has 130 valence electrons. The second-order valence-electron chi connectivity index (χ2n) is 6.61. The molecule has 0 amide bonds. The fourth-order valence-corrected chi connectivity index (χ4v) is 4.57. The number of halogens is 1. The zero-order valence-electron chi connectivity index (χ0n) is 13.4. The Balaban J connectivity index is 1.81. The minimum absolute atomic E-state index is 0.166. The summed E-state index contributed by atoms with van der Waals surface area (Å²) in [5, 5.41) is 0. The topological polar surface area (TPSA) is 80.0 Å². The number of methoxy groups -OCH3 is 1. The van der Waals surface area contributed by atoms with E-state index in [1.54, 1.807) is 0 Å². The van der Waals surface area contributed by atoms with Crippen LogP contribution in [0.3, 0.4) is 0 Å². The third-order valence-electron chi connectivity index (χ3n) is 5.38. The number of benzene rings is 1. The maximum absolute atomic E-state index is 12.7. The summed E-state index contributed by atoms with van der Waals surface area (Å²) in [7, 11) is 1.36. The average molecular weight is 398 g/mol. The molecule has 1 saturated heterocycles. The highest BCUT2D eigenvalue weighted by Crippen LogP contribution is 2.52. The van der Waals surface area contributed by atoms with Gasteiger partial charge in [0.05, 0.1) is 20.3 Å². The van der Waals surface area contributed by atoms with Gasteiger partial charge in [-0.1, -0.05) is 15.9 Å². The molecule has 24 heavy (non-hydrogen) atoms. The van der Waals surface area contributed by atoms with Crippen LogP contribution in [0.1, 0.15) is 24.8 Å². The van der Waals surface area contributed by atoms with Gasteiger partial charge in [0.2, 0.25) is 0 Å². The molecule has 2 heterocycles. The number of nitrogens with two attached hydrogens (primary N) is 1. The van der Waals surface area contributed by atoms with E-state index in [9.17, 15) is 4.79 Å². The molecule has 1 saturated carbocycles. The van der Waals surface area contributed by atoms with Gasteiger partial charge in [-0.3, -0.25) is 0 Å². The van der Waals surface area contributed by atoms with Crippen LogP contribution in [0, 0.1) is 5.92 Å². The summed E-state index contributed by atoms with van der Waals surface area (Å²) < 4.78 is 23.8. The van der Waals surface area contributed by atoms with Gasteiger partial charge in [0, 0.05) is 28.8 Å². The number of hydrogen-bond acceptors (Lipinski definition) is 6. The molecule has 1 spiro atoms. The van der Waals surface area contributed by atoms with Crippen molar-refractivity contribution in [3.05, 3.63) is 28.2 Å². The zero-order chi connectivity index (χ0) is 16.9. The minimum Gasteiger partial charge on any atom is -0.490 e. The van der Waals surface area contributed by atoms with E-state index in [2.05, 4.69) is 15.9 Å². The number of carbonyl (C=O) groups excluding carboxylic acids is 1. The summed E-state index contributed by atoms with van der Waals surface area (Å²) in [6.07, 6.45) is 1.80. The maximum Gasteiger partial charge on any atom is 0.331 e. The van der Waals surface area contributed by atoms with E-state index in [0.717, 1.165) is 17.3 Å². The van der Waals surface area contributed by atoms with Crippen LogP contribution in [0.15, 0.2) is 22.7 Å². The fraction of sp³-hybridized carbons (Fsp3) is 0.588. The van der Waals surface area contributed by atoms with E-state index in [-0.39, 0.29) is 12.0 Å². The van der Waals surface area contributed by atoms with Gasteiger partial charge in [0.25, 0.3) is 0 Å². The summed E-state index contributed by atoms with van der Waals surface area (Å²) in [5.74, 6) is -0.766. The molecule has 0 aromatic heterocycles. The first-order valence-corrected chi connectivity index (χ1v) is 8.90. The van der Waals surface area contributed by atoms with Crippen molar-refractivity contribution in [3.8, 4) is 5.75 Å². The van der Waals surface area contributed by atoms with Crippen molar-refractivity contribution in [2.75, 3.05) is 20.3 Å². The van der Waals surface area contributed by atoms with E-state index < -0.39 is 17.3 Å². The fourth-order valence-electron chi connectivity index (χ4n) is 4.21. The lowest BCUT2D eigenvalue weighted by molar-refractivity contribution is -0.212. The standard InChI is InChI=1S/C17H20BrNO5/c1-21-15(20)17(19)11-8-10(18)2-3-13(11)24-14-4-5-16(9-12(14)17)22-6-7-23-16/h2-3,8,12,14H,4-7,9,19H2,1H3/t12-,14-,17-/m0/s1.